The van der Waals surface area contributed by atoms with E-state index in [0.29, 0.717) is 25.3 Å². The second-order valence-electron chi connectivity index (χ2n) is 7.18. The van der Waals surface area contributed by atoms with Gasteiger partial charge in [-0.25, -0.2) is 0 Å². The van der Waals surface area contributed by atoms with E-state index in [1.165, 1.54) is 27.8 Å². The first-order chi connectivity index (χ1) is 13.5. The lowest BCUT2D eigenvalue weighted by Crippen LogP contribution is -2.49. The third-order valence-electron chi connectivity index (χ3n) is 5.41. The van der Waals surface area contributed by atoms with E-state index in [9.17, 15) is 14.7 Å². The van der Waals surface area contributed by atoms with Crippen LogP contribution in [0.4, 0.5) is 5.69 Å². The van der Waals surface area contributed by atoms with Gasteiger partial charge in [-0.05, 0) is 31.2 Å². The molecule has 2 N–H and O–H groups in total. The van der Waals surface area contributed by atoms with Gasteiger partial charge >= 0.3 is 0 Å². The number of carbonyl (C=O) groups is 1. The van der Waals surface area contributed by atoms with E-state index >= 15 is 0 Å². The van der Waals surface area contributed by atoms with Crippen LogP contribution in [0.3, 0.4) is 0 Å². The third kappa shape index (κ3) is 3.47. The Bertz CT molecular complexity index is 1060. The lowest BCUT2D eigenvalue weighted by atomic mass is 10.1. The van der Waals surface area contributed by atoms with Crippen LogP contribution in [0.5, 0.6) is 5.75 Å². The Morgan fingerprint density at radius 1 is 1.14 bits per heavy atom. The molecule has 1 aromatic carbocycles. The number of amides is 1. The highest BCUT2D eigenvalue weighted by molar-refractivity contribution is 5.92. The second kappa shape index (κ2) is 7.42. The summed E-state index contributed by atoms with van der Waals surface area (Å²) >= 11 is 0. The highest BCUT2D eigenvalue weighted by Crippen LogP contribution is 2.27. The van der Waals surface area contributed by atoms with Crippen molar-refractivity contribution >= 4 is 22.5 Å². The van der Waals surface area contributed by atoms with Crippen molar-refractivity contribution in [3.63, 3.8) is 0 Å². The number of aromatic hydroxyl groups is 1. The van der Waals surface area contributed by atoms with Crippen molar-refractivity contribution in [2.24, 2.45) is 0 Å². The number of nitrogens with one attached hydrogen (secondary N) is 1. The van der Waals surface area contributed by atoms with Gasteiger partial charge in [0.1, 0.15) is 5.75 Å². The Morgan fingerprint density at radius 3 is 2.68 bits per heavy atom. The first kappa shape index (κ1) is 18.2. The standard InChI is InChI=1S/C21H24N4O3/c1-15-13-16(26)14-21(28)25(15)8-6-20(27)24-11-9-23(10-12-24)19-4-2-3-18-17(19)5-7-22-18/h2-5,7,13-14,22,26H,6,8-12H2,1H3. The lowest BCUT2D eigenvalue weighted by Gasteiger charge is -2.36. The molecule has 0 saturated carbocycles. The lowest BCUT2D eigenvalue weighted by molar-refractivity contribution is -0.131. The smallest absolute Gasteiger partial charge is 0.254 e. The molecule has 4 rings (SSSR count). The normalized spacial score (nSPS) is 14.6. The fraction of sp³-hybridized carbons (Fsp3) is 0.333. The van der Waals surface area contributed by atoms with E-state index in [1.807, 2.05) is 17.2 Å². The van der Waals surface area contributed by atoms with Gasteiger partial charge in [-0.15, -0.1) is 0 Å². The van der Waals surface area contributed by atoms with Gasteiger partial charge in [0.05, 0.1) is 0 Å². The van der Waals surface area contributed by atoms with Crippen LogP contribution < -0.4 is 10.5 Å². The monoisotopic (exact) mass is 380 g/mol. The maximum absolute atomic E-state index is 12.6. The molecule has 0 bridgehead atoms. The van der Waals surface area contributed by atoms with Crippen molar-refractivity contribution < 1.29 is 9.90 Å². The highest BCUT2D eigenvalue weighted by atomic mass is 16.3. The van der Waals surface area contributed by atoms with E-state index in [1.54, 1.807) is 6.92 Å². The van der Waals surface area contributed by atoms with E-state index in [2.05, 4.69) is 28.1 Å². The summed E-state index contributed by atoms with van der Waals surface area (Å²) in [5, 5.41) is 10.7. The number of piperazine rings is 1. The van der Waals surface area contributed by atoms with Gasteiger partial charge in [-0.2, -0.15) is 0 Å². The number of pyridine rings is 1. The number of rotatable bonds is 4. The largest absolute Gasteiger partial charge is 0.508 e. The van der Waals surface area contributed by atoms with E-state index in [0.717, 1.165) is 18.6 Å². The maximum Gasteiger partial charge on any atom is 0.254 e. The molecular weight excluding hydrogens is 356 g/mol. The molecule has 7 heteroatoms. The topological polar surface area (TPSA) is 81.6 Å². The number of hydrogen-bond donors (Lipinski definition) is 2. The van der Waals surface area contributed by atoms with Crippen molar-refractivity contribution in [2.75, 3.05) is 31.1 Å². The van der Waals surface area contributed by atoms with Crippen molar-refractivity contribution in [1.82, 2.24) is 14.5 Å². The van der Waals surface area contributed by atoms with Crippen LogP contribution >= 0.6 is 0 Å². The first-order valence-corrected chi connectivity index (χ1v) is 9.52. The van der Waals surface area contributed by atoms with Gasteiger partial charge in [0.2, 0.25) is 5.91 Å². The number of anilines is 1. The molecule has 1 aliphatic heterocycles. The SMILES string of the molecule is Cc1cc(O)cc(=O)n1CCC(=O)N1CCN(c2cccc3[nH]ccc23)CC1. The predicted octanol–water partition coefficient (Wildman–Crippen LogP) is 2.08. The van der Waals surface area contributed by atoms with Crippen LogP contribution in [-0.4, -0.2) is 51.6 Å². The third-order valence-corrected chi connectivity index (χ3v) is 5.41. The minimum absolute atomic E-state index is 0.0429. The van der Waals surface area contributed by atoms with Gasteiger partial charge in [-0.1, -0.05) is 6.07 Å². The molecule has 0 radical (unpaired) electrons. The predicted molar refractivity (Wildman–Crippen MR) is 109 cm³/mol. The molecule has 1 fully saturated rings. The van der Waals surface area contributed by atoms with Gasteiger partial charge < -0.3 is 24.5 Å². The summed E-state index contributed by atoms with van der Waals surface area (Å²) in [5.41, 5.74) is 2.68. The molecule has 3 heterocycles. The second-order valence-corrected chi connectivity index (χ2v) is 7.18. The number of nitrogens with zero attached hydrogens (tertiary/aromatic N) is 3. The zero-order valence-corrected chi connectivity index (χ0v) is 15.9. The number of benzene rings is 1. The molecule has 146 valence electrons. The average molecular weight is 380 g/mol. The summed E-state index contributed by atoms with van der Waals surface area (Å²) in [6.07, 6.45) is 2.22. The minimum Gasteiger partial charge on any atom is -0.508 e. The number of aromatic amines is 1. The molecule has 0 aliphatic carbocycles. The summed E-state index contributed by atoms with van der Waals surface area (Å²) < 4.78 is 1.53. The van der Waals surface area contributed by atoms with Crippen LogP contribution in [0.25, 0.3) is 10.9 Å². The number of aromatic nitrogens is 2. The van der Waals surface area contributed by atoms with Gasteiger partial charge in [0.25, 0.3) is 5.56 Å². The molecule has 2 aromatic heterocycles. The molecule has 7 nitrogen and oxygen atoms in total. The quantitative estimate of drug-likeness (QED) is 0.726. The summed E-state index contributed by atoms with van der Waals surface area (Å²) in [6, 6.07) is 11.0. The first-order valence-electron chi connectivity index (χ1n) is 9.52. The summed E-state index contributed by atoms with van der Waals surface area (Å²) in [6.45, 7) is 4.99. The van der Waals surface area contributed by atoms with Crippen LogP contribution in [0.2, 0.25) is 0 Å². The Hall–Kier alpha value is -3.22. The number of H-pyrrole nitrogens is 1. The van der Waals surface area contributed by atoms with Crippen molar-refractivity contribution in [2.45, 2.75) is 19.9 Å². The summed E-state index contributed by atoms with van der Waals surface area (Å²) in [5.74, 6) is 0.0116. The van der Waals surface area contributed by atoms with Gasteiger partial charge in [0.15, 0.2) is 0 Å². The van der Waals surface area contributed by atoms with Crippen LogP contribution in [0, 0.1) is 6.92 Å². The molecule has 1 aliphatic rings. The maximum atomic E-state index is 12.6. The number of carbonyl (C=O) groups excluding carboxylic acids is 1. The van der Waals surface area contributed by atoms with Crippen molar-refractivity contribution in [3.05, 3.63) is 58.6 Å². The van der Waals surface area contributed by atoms with Crippen molar-refractivity contribution in [3.8, 4) is 5.75 Å². The van der Waals surface area contributed by atoms with Gasteiger partial charge in [-0.3, -0.25) is 9.59 Å². The van der Waals surface area contributed by atoms with Crippen molar-refractivity contribution in [1.29, 1.82) is 0 Å². The fourth-order valence-corrected chi connectivity index (χ4v) is 3.91. The van der Waals surface area contributed by atoms with Crippen LogP contribution in [0.15, 0.2) is 47.4 Å². The summed E-state index contributed by atoms with van der Waals surface area (Å²) in [4.78, 5) is 32.0. The molecule has 1 saturated heterocycles. The van der Waals surface area contributed by atoms with Gasteiger partial charge in [0, 0.05) is 73.7 Å². The Kier molecular flexibility index (Phi) is 4.81. The molecule has 1 amide bonds. The van der Waals surface area contributed by atoms with E-state index in [-0.39, 0.29) is 23.6 Å². The molecule has 0 spiro atoms. The number of fused-ring (bicyclic) bond motifs is 1. The van der Waals surface area contributed by atoms with Crippen LogP contribution in [0.1, 0.15) is 12.1 Å². The minimum atomic E-state index is -0.283. The molecular formula is C21H24N4O3. The molecule has 0 atom stereocenters. The van der Waals surface area contributed by atoms with E-state index < -0.39 is 0 Å². The fourth-order valence-electron chi connectivity index (χ4n) is 3.91. The molecule has 3 aromatic rings. The number of aryl methyl sites for hydroxylation is 1. The number of hydrogen-bond acceptors (Lipinski definition) is 4. The zero-order valence-electron chi connectivity index (χ0n) is 15.9. The Morgan fingerprint density at radius 2 is 1.93 bits per heavy atom. The average Bonchev–Trinajstić information content (AvgIpc) is 3.16. The molecule has 0 unspecified atom stereocenters. The van der Waals surface area contributed by atoms with E-state index in [4.69, 9.17) is 0 Å². The Balaban J connectivity index is 1.37. The highest BCUT2D eigenvalue weighted by Gasteiger charge is 2.22. The Labute approximate surface area is 162 Å². The summed E-state index contributed by atoms with van der Waals surface area (Å²) in [7, 11) is 0. The molecule has 28 heavy (non-hydrogen) atoms. The zero-order chi connectivity index (χ0) is 19.7. The van der Waals surface area contributed by atoms with Crippen LogP contribution in [-0.2, 0) is 11.3 Å².